The highest BCUT2D eigenvalue weighted by Crippen LogP contribution is 2.06. The molecule has 0 bridgehead atoms. The molecule has 0 saturated heterocycles. The van der Waals surface area contributed by atoms with E-state index in [1.807, 2.05) is 39.0 Å². The molecular formula is C17H26N2O3. The number of aryl methyl sites for hydroxylation is 1. The predicted molar refractivity (Wildman–Crippen MR) is 86.5 cm³/mol. The van der Waals surface area contributed by atoms with Gasteiger partial charge in [-0.2, -0.15) is 0 Å². The fourth-order valence-corrected chi connectivity index (χ4v) is 2.13. The van der Waals surface area contributed by atoms with Crippen molar-refractivity contribution >= 4 is 12.0 Å². The van der Waals surface area contributed by atoms with Crippen LogP contribution in [0.3, 0.4) is 0 Å². The maximum atomic E-state index is 12.0. The van der Waals surface area contributed by atoms with Crippen LogP contribution in [0.2, 0.25) is 0 Å². The third kappa shape index (κ3) is 6.16. The number of hydrogen-bond acceptors (Lipinski definition) is 3. The van der Waals surface area contributed by atoms with E-state index in [1.165, 1.54) is 12.7 Å². The summed E-state index contributed by atoms with van der Waals surface area (Å²) in [5.41, 5.74) is 1.24. The van der Waals surface area contributed by atoms with E-state index in [0.717, 1.165) is 12.8 Å². The molecule has 122 valence electrons. The van der Waals surface area contributed by atoms with Gasteiger partial charge in [-0.15, -0.1) is 0 Å². The molecule has 2 atom stereocenters. The molecule has 0 saturated carbocycles. The second-order valence-electron chi connectivity index (χ2n) is 5.79. The standard InChI is InChI=1S/C17H26N2O3/c1-12(2)15(16(20)22-4)19-17(21)18-13(3)10-11-14-8-6-5-7-9-14/h5-9,12-13,15H,10-11H2,1-4H3,(H2,18,19,21)/t13?,15-/m1/s1. The van der Waals surface area contributed by atoms with Crippen molar-refractivity contribution < 1.29 is 14.3 Å². The van der Waals surface area contributed by atoms with Gasteiger partial charge in [-0.25, -0.2) is 9.59 Å². The molecule has 2 amide bonds. The molecule has 0 spiro atoms. The Balaban J connectivity index is 2.41. The quantitative estimate of drug-likeness (QED) is 0.761. The fourth-order valence-electron chi connectivity index (χ4n) is 2.13. The van der Waals surface area contributed by atoms with Crippen LogP contribution in [0, 0.1) is 5.92 Å². The normalized spacial score (nSPS) is 13.3. The molecule has 0 radical (unpaired) electrons. The Bertz CT molecular complexity index is 474. The number of rotatable bonds is 7. The van der Waals surface area contributed by atoms with Gasteiger partial charge >= 0.3 is 12.0 Å². The van der Waals surface area contributed by atoms with E-state index in [0.29, 0.717) is 0 Å². The third-order valence-electron chi connectivity index (χ3n) is 3.49. The van der Waals surface area contributed by atoms with Gasteiger partial charge in [-0.05, 0) is 31.2 Å². The van der Waals surface area contributed by atoms with Crippen molar-refractivity contribution in [2.75, 3.05) is 7.11 Å². The summed E-state index contributed by atoms with van der Waals surface area (Å²) in [5, 5.41) is 5.53. The summed E-state index contributed by atoms with van der Waals surface area (Å²) in [7, 11) is 1.32. The van der Waals surface area contributed by atoms with E-state index >= 15 is 0 Å². The van der Waals surface area contributed by atoms with Crippen LogP contribution in [0.4, 0.5) is 4.79 Å². The van der Waals surface area contributed by atoms with E-state index in [-0.39, 0.29) is 18.0 Å². The Morgan fingerprint density at radius 1 is 1.09 bits per heavy atom. The molecule has 0 aliphatic heterocycles. The van der Waals surface area contributed by atoms with Gasteiger partial charge in [0.05, 0.1) is 7.11 Å². The Morgan fingerprint density at radius 2 is 1.73 bits per heavy atom. The summed E-state index contributed by atoms with van der Waals surface area (Å²) in [6.07, 6.45) is 1.73. The van der Waals surface area contributed by atoms with E-state index in [2.05, 4.69) is 22.8 Å². The molecule has 1 rings (SSSR count). The van der Waals surface area contributed by atoms with Gasteiger partial charge in [0, 0.05) is 6.04 Å². The largest absolute Gasteiger partial charge is 0.467 e. The highest BCUT2D eigenvalue weighted by Gasteiger charge is 2.25. The van der Waals surface area contributed by atoms with Crippen molar-refractivity contribution in [3.63, 3.8) is 0 Å². The molecule has 0 heterocycles. The van der Waals surface area contributed by atoms with Crippen LogP contribution in [0.25, 0.3) is 0 Å². The number of nitrogens with one attached hydrogen (secondary N) is 2. The highest BCUT2D eigenvalue weighted by molar-refractivity contribution is 5.83. The number of benzene rings is 1. The zero-order valence-corrected chi connectivity index (χ0v) is 13.8. The summed E-state index contributed by atoms with van der Waals surface area (Å²) in [6, 6.07) is 9.17. The lowest BCUT2D eigenvalue weighted by atomic mass is 10.0. The molecule has 2 N–H and O–H groups in total. The minimum Gasteiger partial charge on any atom is -0.467 e. The van der Waals surface area contributed by atoms with Crippen molar-refractivity contribution in [1.82, 2.24) is 10.6 Å². The molecule has 5 heteroatoms. The predicted octanol–water partition coefficient (Wildman–Crippen LogP) is 2.50. The smallest absolute Gasteiger partial charge is 0.328 e. The number of esters is 1. The molecule has 0 aliphatic carbocycles. The zero-order valence-electron chi connectivity index (χ0n) is 13.8. The first-order valence-electron chi connectivity index (χ1n) is 7.62. The van der Waals surface area contributed by atoms with E-state index in [1.54, 1.807) is 0 Å². The van der Waals surface area contributed by atoms with Gasteiger partial charge in [-0.1, -0.05) is 44.2 Å². The summed E-state index contributed by atoms with van der Waals surface area (Å²) in [6.45, 7) is 5.67. The van der Waals surface area contributed by atoms with Crippen molar-refractivity contribution in [2.24, 2.45) is 5.92 Å². The number of hydrogen-bond donors (Lipinski definition) is 2. The van der Waals surface area contributed by atoms with Crippen LogP contribution in [0.5, 0.6) is 0 Å². The Kier molecular flexibility index (Phi) is 7.43. The van der Waals surface area contributed by atoms with Crippen LogP contribution in [-0.2, 0) is 16.0 Å². The number of ether oxygens (including phenoxy) is 1. The number of urea groups is 1. The molecule has 0 aliphatic rings. The maximum Gasteiger partial charge on any atom is 0.328 e. The van der Waals surface area contributed by atoms with Crippen LogP contribution in [-0.4, -0.2) is 31.2 Å². The minimum absolute atomic E-state index is 0.0191. The number of methoxy groups -OCH3 is 1. The number of amides is 2. The lowest BCUT2D eigenvalue weighted by Crippen LogP contribution is -2.50. The van der Waals surface area contributed by atoms with E-state index < -0.39 is 12.0 Å². The first kappa shape index (κ1) is 18.0. The summed E-state index contributed by atoms with van der Waals surface area (Å²) >= 11 is 0. The third-order valence-corrected chi connectivity index (χ3v) is 3.49. The lowest BCUT2D eigenvalue weighted by Gasteiger charge is -2.22. The van der Waals surface area contributed by atoms with Gasteiger partial charge in [0.15, 0.2) is 0 Å². The molecule has 0 fully saturated rings. The maximum absolute atomic E-state index is 12.0. The Hall–Kier alpha value is -2.04. The highest BCUT2D eigenvalue weighted by atomic mass is 16.5. The van der Waals surface area contributed by atoms with Crippen LogP contribution in [0.1, 0.15) is 32.8 Å². The van der Waals surface area contributed by atoms with Gasteiger partial charge in [0.25, 0.3) is 0 Å². The Morgan fingerprint density at radius 3 is 2.27 bits per heavy atom. The number of carbonyl (C=O) groups is 2. The van der Waals surface area contributed by atoms with Crippen LogP contribution >= 0.6 is 0 Å². The zero-order chi connectivity index (χ0) is 16.5. The summed E-state index contributed by atoms with van der Waals surface area (Å²) in [4.78, 5) is 23.6. The van der Waals surface area contributed by atoms with Crippen molar-refractivity contribution in [1.29, 1.82) is 0 Å². The van der Waals surface area contributed by atoms with Gasteiger partial charge < -0.3 is 15.4 Å². The second kappa shape index (κ2) is 9.07. The second-order valence-corrected chi connectivity index (χ2v) is 5.79. The molecule has 1 unspecified atom stereocenters. The molecular weight excluding hydrogens is 280 g/mol. The number of carbonyl (C=O) groups excluding carboxylic acids is 2. The first-order chi connectivity index (χ1) is 10.4. The van der Waals surface area contributed by atoms with Crippen LogP contribution < -0.4 is 10.6 Å². The minimum atomic E-state index is -0.633. The van der Waals surface area contributed by atoms with Crippen molar-refractivity contribution in [3.8, 4) is 0 Å². The van der Waals surface area contributed by atoms with Crippen molar-refractivity contribution in [2.45, 2.75) is 45.7 Å². The van der Waals surface area contributed by atoms with E-state index in [9.17, 15) is 9.59 Å². The monoisotopic (exact) mass is 306 g/mol. The van der Waals surface area contributed by atoms with E-state index in [4.69, 9.17) is 4.74 Å². The molecule has 0 aromatic heterocycles. The Labute approximate surface area is 132 Å². The average molecular weight is 306 g/mol. The van der Waals surface area contributed by atoms with Crippen LogP contribution in [0.15, 0.2) is 30.3 Å². The lowest BCUT2D eigenvalue weighted by molar-refractivity contribution is -0.143. The topological polar surface area (TPSA) is 67.4 Å². The van der Waals surface area contributed by atoms with Gasteiger partial charge in [-0.3, -0.25) is 0 Å². The first-order valence-corrected chi connectivity index (χ1v) is 7.62. The molecule has 1 aromatic carbocycles. The summed E-state index contributed by atoms with van der Waals surface area (Å²) in [5.74, 6) is -0.458. The fraction of sp³-hybridized carbons (Fsp3) is 0.529. The molecule has 22 heavy (non-hydrogen) atoms. The van der Waals surface area contributed by atoms with Gasteiger partial charge in [0.2, 0.25) is 0 Å². The van der Waals surface area contributed by atoms with Gasteiger partial charge in [0.1, 0.15) is 6.04 Å². The SMILES string of the molecule is COC(=O)[C@H](NC(=O)NC(C)CCc1ccccc1)C(C)C. The molecule has 1 aromatic rings. The summed E-state index contributed by atoms with van der Waals surface area (Å²) < 4.78 is 4.70. The molecule has 5 nitrogen and oxygen atoms in total. The average Bonchev–Trinajstić information content (AvgIpc) is 2.50. The van der Waals surface area contributed by atoms with Crippen molar-refractivity contribution in [3.05, 3.63) is 35.9 Å².